The highest BCUT2D eigenvalue weighted by atomic mass is 35.5. The summed E-state index contributed by atoms with van der Waals surface area (Å²) in [6.07, 6.45) is 9.84. The second-order valence-corrected chi connectivity index (χ2v) is 7.16. The van der Waals surface area contributed by atoms with Crippen molar-refractivity contribution in [2.24, 2.45) is 11.8 Å². The first-order valence-electron chi connectivity index (χ1n) is 8.25. The molecule has 1 aromatic carbocycles. The fourth-order valence-electron chi connectivity index (χ4n) is 3.66. The summed E-state index contributed by atoms with van der Waals surface area (Å²) in [5, 5.41) is 4.78. The van der Waals surface area contributed by atoms with Crippen LogP contribution in [-0.4, -0.2) is 6.04 Å². The van der Waals surface area contributed by atoms with Crippen LogP contribution in [0.5, 0.6) is 0 Å². The van der Waals surface area contributed by atoms with Crippen molar-refractivity contribution in [2.75, 3.05) is 0 Å². The molecule has 2 saturated carbocycles. The van der Waals surface area contributed by atoms with Crippen LogP contribution in [0.2, 0.25) is 5.02 Å². The van der Waals surface area contributed by atoms with Crippen molar-refractivity contribution in [3.63, 3.8) is 0 Å². The van der Waals surface area contributed by atoms with E-state index in [1.54, 1.807) is 0 Å². The van der Waals surface area contributed by atoms with Crippen molar-refractivity contribution < 1.29 is 0 Å². The van der Waals surface area contributed by atoms with Gasteiger partial charge in [-0.1, -0.05) is 43.0 Å². The van der Waals surface area contributed by atoms with Crippen molar-refractivity contribution in [1.29, 1.82) is 0 Å². The summed E-state index contributed by atoms with van der Waals surface area (Å²) in [5.41, 5.74) is 1.42. The number of hydrogen-bond acceptors (Lipinski definition) is 1. The van der Waals surface area contributed by atoms with Crippen LogP contribution in [0.4, 0.5) is 0 Å². The van der Waals surface area contributed by atoms with E-state index < -0.39 is 0 Å². The second kappa shape index (κ2) is 6.49. The van der Waals surface area contributed by atoms with Crippen molar-refractivity contribution in [1.82, 2.24) is 5.32 Å². The minimum atomic E-state index is 0.532. The summed E-state index contributed by atoms with van der Waals surface area (Å²) in [7, 11) is 0. The lowest BCUT2D eigenvalue weighted by molar-refractivity contribution is 0.257. The first-order chi connectivity index (χ1) is 9.74. The minimum Gasteiger partial charge on any atom is -0.307 e. The summed E-state index contributed by atoms with van der Waals surface area (Å²) in [4.78, 5) is 0. The molecule has 2 aliphatic carbocycles. The first kappa shape index (κ1) is 14.4. The standard InChI is InChI=1S/C18H26ClN/c1-13(14-5-3-2-4-6-14)20-18(15-7-8-15)16-9-11-17(19)12-10-16/h9-15,18,20H,2-8H2,1H3/t13-,18?/m0/s1. The largest absolute Gasteiger partial charge is 0.307 e. The van der Waals surface area contributed by atoms with Crippen LogP contribution >= 0.6 is 11.6 Å². The zero-order chi connectivity index (χ0) is 13.9. The fourth-order valence-corrected chi connectivity index (χ4v) is 3.78. The molecule has 2 atom stereocenters. The monoisotopic (exact) mass is 291 g/mol. The molecule has 2 heteroatoms. The molecule has 1 N–H and O–H groups in total. The molecule has 110 valence electrons. The lowest BCUT2D eigenvalue weighted by Gasteiger charge is -2.32. The molecule has 1 nitrogen and oxygen atoms in total. The molecule has 0 heterocycles. The van der Waals surface area contributed by atoms with E-state index in [-0.39, 0.29) is 0 Å². The summed E-state index contributed by atoms with van der Waals surface area (Å²) in [5.74, 6) is 1.71. The third kappa shape index (κ3) is 3.56. The van der Waals surface area contributed by atoms with E-state index in [1.807, 2.05) is 12.1 Å². The molecule has 2 aliphatic rings. The van der Waals surface area contributed by atoms with E-state index in [0.717, 1.165) is 16.9 Å². The molecular formula is C18H26ClN. The van der Waals surface area contributed by atoms with Gasteiger partial charge in [0.2, 0.25) is 0 Å². The summed E-state index contributed by atoms with van der Waals surface area (Å²) < 4.78 is 0. The SMILES string of the molecule is C[C@H](NC(c1ccc(Cl)cc1)C1CC1)C1CCCCC1. The Morgan fingerprint density at radius 3 is 2.20 bits per heavy atom. The number of halogens is 1. The van der Waals surface area contributed by atoms with E-state index in [0.29, 0.717) is 12.1 Å². The van der Waals surface area contributed by atoms with Crippen molar-refractivity contribution in [3.05, 3.63) is 34.9 Å². The molecule has 0 spiro atoms. The molecule has 0 bridgehead atoms. The third-order valence-electron chi connectivity index (χ3n) is 5.12. The Hall–Kier alpha value is -0.530. The molecule has 1 unspecified atom stereocenters. The van der Waals surface area contributed by atoms with E-state index in [1.165, 1.54) is 50.5 Å². The van der Waals surface area contributed by atoms with Gasteiger partial charge >= 0.3 is 0 Å². The molecule has 0 amide bonds. The Morgan fingerprint density at radius 1 is 0.950 bits per heavy atom. The van der Waals surface area contributed by atoms with Gasteiger partial charge in [0, 0.05) is 17.1 Å². The van der Waals surface area contributed by atoms with Crippen LogP contribution in [0.25, 0.3) is 0 Å². The topological polar surface area (TPSA) is 12.0 Å². The predicted octanol–water partition coefficient (Wildman–Crippen LogP) is 5.35. The van der Waals surface area contributed by atoms with Crippen molar-refractivity contribution in [2.45, 2.75) is 64.0 Å². The maximum absolute atomic E-state index is 6.02. The zero-order valence-corrected chi connectivity index (χ0v) is 13.2. The van der Waals surface area contributed by atoms with Gasteiger partial charge in [-0.3, -0.25) is 0 Å². The average Bonchev–Trinajstić information content (AvgIpc) is 3.31. The Bertz CT molecular complexity index is 418. The van der Waals surface area contributed by atoms with Crippen LogP contribution in [0.15, 0.2) is 24.3 Å². The number of benzene rings is 1. The van der Waals surface area contributed by atoms with Crippen LogP contribution in [0, 0.1) is 11.8 Å². The van der Waals surface area contributed by atoms with Crippen LogP contribution < -0.4 is 5.32 Å². The molecular weight excluding hydrogens is 266 g/mol. The maximum atomic E-state index is 6.02. The Labute approximate surface area is 128 Å². The highest BCUT2D eigenvalue weighted by Crippen LogP contribution is 2.42. The van der Waals surface area contributed by atoms with E-state index >= 15 is 0 Å². The van der Waals surface area contributed by atoms with Gasteiger partial charge < -0.3 is 5.32 Å². The summed E-state index contributed by atoms with van der Waals surface area (Å²) in [6.45, 7) is 2.39. The van der Waals surface area contributed by atoms with Gasteiger partial charge in [-0.2, -0.15) is 0 Å². The molecule has 0 radical (unpaired) electrons. The van der Waals surface area contributed by atoms with Gasteiger partial charge in [0.15, 0.2) is 0 Å². The molecule has 1 aromatic rings. The van der Waals surface area contributed by atoms with Gasteiger partial charge in [0.05, 0.1) is 0 Å². The average molecular weight is 292 g/mol. The van der Waals surface area contributed by atoms with E-state index in [4.69, 9.17) is 11.6 Å². The molecule has 3 rings (SSSR count). The number of nitrogens with one attached hydrogen (secondary N) is 1. The molecule has 20 heavy (non-hydrogen) atoms. The zero-order valence-electron chi connectivity index (χ0n) is 12.4. The highest BCUT2D eigenvalue weighted by molar-refractivity contribution is 6.30. The Balaban J connectivity index is 1.66. The summed E-state index contributed by atoms with van der Waals surface area (Å²) >= 11 is 6.02. The number of rotatable bonds is 5. The lowest BCUT2D eigenvalue weighted by atomic mass is 9.84. The van der Waals surface area contributed by atoms with Gasteiger partial charge in [-0.25, -0.2) is 0 Å². The van der Waals surface area contributed by atoms with Crippen LogP contribution in [0.1, 0.15) is 63.5 Å². The normalized spacial score (nSPS) is 23.5. The predicted molar refractivity (Wildman–Crippen MR) is 86.1 cm³/mol. The Kier molecular flexibility index (Phi) is 4.68. The summed E-state index contributed by atoms with van der Waals surface area (Å²) in [6, 6.07) is 9.62. The second-order valence-electron chi connectivity index (χ2n) is 6.72. The van der Waals surface area contributed by atoms with E-state index in [9.17, 15) is 0 Å². The molecule has 0 saturated heterocycles. The Morgan fingerprint density at radius 2 is 1.60 bits per heavy atom. The van der Waals surface area contributed by atoms with E-state index in [2.05, 4.69) is 24.4 Å². The smallest absolute Gasteiger partial charge is 0.0406 e. The number of hydrogen-bond donors (Lipinski definition) is 1. The van der Waals surface area contributed by atoms with Crippen LogP contribution in [0.3, 0.4) is 0 Å². The molecule has 0 aromatic heterocycles. The van der Waals surface area contributed by atoms with Crippen molar-refractivity contribution in [3.8, 4) is 0 Å². The minimum absolute atomic E-state index is 0.532. The quantitative estimate of drug-likeness (QED) is 0.771. The first-order valence-corrected chi connectivity index (χ1v) is 8.63. The van der Waals surface area contributed by atoms with Gasteiger partial charge in [0.25, 0.3) is 0 Å². The van der Waals surface area contributed by atoms with Gasteiger partial charge in [-0.15, -0.1) is 0 Å². The fraction of sp³-hybridized carbons (Fsp3) is 0.667. The van der Waals surface area contributed by atoms with Gasteiger partial charge in [-0.05, 0) is 62.1 Å². The molecule has 0 aliphatic heterocycles. The van der Waals surface area contributed by atoms with Crippen LogP contribution in [-0.2, 0) is 0 Å². The van der Waals surface area contributed by atoms with Gasteiger partial charge in [0.1, 0.15) is 0 Å². The lowest BCUT2D eigenvalue weighted by Crippen LogP contribution is -2.38. The maximum Gasteiger partial charge on any atom is 0.0406 e. The highest BCUT2D eigenvalue weighted by Gasteiger charge is 2.34. The third-order valence-corrected chi connectivity index (χ3v) is 5.37. The van der Waals surface area contributed by atoms with Crippen molar-refractivity contribution >= 4 is 11.6 Å². The molecule has 2 fully saturated rings.